The maximum atomic E-state index is 12.7. The second kappa shape index (κ2) is 7.25. The molecule has 3 aliphatic rings. The van der Waals surface area contributed by atoms with Gasteiger partial charge in [-0.15, -0.1) is 0 Å². The molecule has 2 heterocycles. The fourth-order valence-corrected chi connectivity index (χ4v) is 5.70. The summed E-state index contributed by atoms with van der Waals surface area (Å²) in [6.45, 7) is 1.10. The van der Waals surface area contributed by atoms with E-state index in [2.05, 4.69) is 23.2 Å². The summed E-state index contributed by atoms with van der Waals surface area (Å²) in [6, 6.07) is 6.98. The van der Waals surface area contributed by atoms with Crippen molar-refractivity contribution in [1.29, 1.82) is 0 Å². The fourth-order valence-electron chi connectivity index (χ4n) is 5.70. The van der Waals surface area contributed by atoms with Crippen molar-refractivity contribution in [3.05, 3.63) is 56.8 Å². The van der Waals surface area contributed by atoms with Gasteiger partial charge < -0.3 is 14.6 Å². The van der Waals surface area contributed by atoms with Crippen molar-refractivity contribution in [3.8, 4) is 5.75 Å². The van der Waals surface area contributed by atoms with Crippen molar-refractivity contribution in [1.82, 2.24) is 14.5 Å². The molecule has 1 aromatic carbocycles. The highest BCUT2D eigenvalue weighted by molar-refractivity contribution is 5.95. The van der Waals surface area contributed by atoms with Crippen LogP contribution in [0.4, 0.5) is 0 Å². The van der Waals surface area contributed by atoms with Crippen LogP contribution in [0.5, 0.6) is 5.75 Å². The number of nitrogens with zero attached hydrogens (tertiary/aromatic N) is 3. The number of aryl methyl sites for hydroxylation is 2. The Labute approximate surface area is 176 Å². The minimum absolute atomic E-state index is 0.0595. The van der Waals surface area contributed by atoms with Gasteiger partial charge >= 0.3 is 5.56 Å². The SMILES string of the molecule is CN1CCn2c(CC3(c4ccc5c(c4)CCCC5)CCCC3)nc(=O)c(O)c2C1=O. The third kappa shape index (κ3) is 3.04. The monoisotopic (exact) mass is 407 g/mol. The maximum absolute atomic E-state index is 12.7. The molecule has 1 fully saturated rings. The Balaban J connectivity index is 1.59. The second-order valence-electron chi connectivity index (χ2n) is 9.26. The minimum atomic E-state index is -0.696. The molecule has 1 aromatic heterocycles. The van der Waals surface area contributed by atoms with Gasteiger partial charge in [-0.3, -0.25) is 9.59 Å². The molecule has 2 aliphatic carbocycles. The molecule has 0 unspecified atom stereocenters. The average molecular weight is 408 g/mol. The number of benzene rings is 1. The van der Waals surface area contributed by atoms with E-state index in [1.807, 2.05) is 0 Å². The van der Waals surface area contributed by atoms with Crippen molar-refractivity contribution in [2.75, 3.05) is 13.6 Å². The molecular formula is C24H29N3O3. The molecule has 2 aromatic rings. The molecule has 1 aliphatic heterocycles. The lowest BCUT2D eigenvalue weighted by atomic mass is 9.74. The number of carbonyl (C=O) groups is 1. The zero-order valence-corrected chi connectivity index (χ0v) is 17.6. The summed E-state index contributed by atoms with van der Waals surface area (Å²) >= 11 is 0. The topological polar surface area (TPSA) is 75.4 Å². The van der Waals surface area contributed by atoms with Crippen LogP contribution in [0.3, 0.4) is 0 Å². The van der Waals surface area contributed by atoms with Gasteiger partial charge in [0.05, 0.1) is 0 Å². The third-order valence-electron chi connectivity index (χ3n) is 7.47. The van der Waals surface area contributed by atoms with Gasteiger partial charge in [0.1, 0.15) is 5.82 Å². The number of fused-ring (bicyclic) bond motifs is 2. The lowest BCUT2D eigenvalue weighted by Gasteiger charge is -2.34. The van der Waals surface area contributed by atoms with Gasteiger partial charge in [0.15, 0.2) is 5.69 Å². The largest absolute Gasteiger partial charge is 0.501 e. The number of likely N-dealkylation sites (N-methyl/N-ethyl adjacent to an activating group) is 1. The van der Waals surface area contributed by atoms with E-state index >= 15 is 0 Å². The highest BCUT2D eigenvalue weighted by atomic mass is 16.3. The van der Waals surface area contributed by atoms with E-state index in [-0.39, 0.29) is 17.0 Å². The van der Waals surface area contributed by atoms with Crippen LogP contribution in [0.2, 0.25) is 0 Å². The van der Waals surface area contributed by atoms with Gasteiger partial charge in [0.2, 0.25) is 5.75 Å². The number of carbonyl (C=O) groups excluding carboxylic acids is 1. The Hall–Kier alpha value is -2.63. The summed E-state index contributed by atoms with van der Waals surface area (Å²) in [5.41, 5.74) is 3.63. The zero-order chi connectivity index (χ0) is 20.9. The highest BCUT2D eigenvalue weighted by Gasteiger charge is 2.39. The third-order valence-corrected chi connectivity index (χ3v) is 7.47. The van der Waals surface area contributed by atoms with Crippen molar-refractivity contribution in [2.45, 2.75) is 69.7 Å². The second-order valence-corrected chi connectivity index (χ2v) is 9.26. The predicted octanol–water partition coefficient (Wildman–Crippen LogP) is 2.97. The normalized spacial score (nSPS) is 20.2. The van der Waals surface area contributed by atoms with Crippen LogP contribution < -0.4 is 5.56 Å². The molecule has 0 spiro atoms. The first kappa shape index (κ1) is 19.3. The van der Waals surface area contributed by atoms with E-state index in [0.29, 0.717) is 25.3 Å². The van der Waals surface area contributed by atoms with Gasteiger partial charge in [0.25, 0.3) is 5.91 Å². The van der Waals surface area contributed by atoms with Crippen LogP contribution in [0.25, 0.3) is 0 Å². The number of hydrogen-bond acceptors (Lipinski definition) is 4. The Kier molecular flexibility index (Phi) is 4.68. The smallest absolute Gasteiger partial charge is 0.315 e. The van der Waals surface area contributed by atoms with Crippen LogP contribution in [-0.4, -0.2) is 39.1 Å². The van der Waals surface area contributed by atoms with Crippen LogP contribution in [0, 0.1) is 0 Å². The molecule has 1 amide bonds. The summed E-state index contributed by atoms with van der Waals surface area (Å²) in [6.07, 6.45) is 9.91. The Morgan fingerprint density at radius 3 is 2.53 bits per heavy atom. The van der Waals surface area contributed by atoms with Crippen molar-refractivity contribution in [3.63, 3.8) is 0 Å². The average Bonchev–Trinajstić information content (AvgIpc) is 3.23. The quantitative estimate of drug-likeness (QED) is 0.849. The number of hydrogen-bond donors (Lipinski definition) is 1. The van der Waals surface area contributed by atoms with E-state index < -0.39 is 11.3 Å². The van der Waals surface area contributed by atoms with Gasteiger partial charge in [-0.1, -0.05) is 31.0 Å². The molecule has 0 bridgehead atoms. The number of aromatic hydroxyl groups is 1. The summed E-state index contributed by atoms with van der Waals surface area (Å²) in [7, 11) is 1.70. The molecule has 1 N–H and O–H groups in total. The van der Waals surface area contributed by atoms with Crippen LogP contribution in [0.1, 0.15) is 71.5 Å². The maximum Gasteiger partial charge on any atom is 0.315 e. The Morgan fingerprint density at radius 1 is 1.03 bits per heavy atom. The first-order valence-electron chi connectivity index (χ1n) is 11.2. The van der Waals surface area contributed by atoms with E-state index in [0.717, 1.165) is 32.1 Å². The number of rotatable bonds is 3. The highest BCUT2D eigenvalue weighted by Crippen LogP contribution is 2.44. The van der Waals surface area contributed by atoms with E-state index in [4.69, 9.17) is 0 Å². The summed E-state index contributed by atoms with van der Waals surface area (Å²) in [4.78, 5) is 30.9. The summed E-state index contributed by atoms with van der Waals surface area (Å²) in [5, 5.41) is 10.3. The molecule has 5 rings (SSSR count). The van der Waals surface area contributed by atoms with E-state index in [1.165, 1.54) is 36.0 Å². The standard InChI is InChI=1S/C24H29N3O3/c1-26-12-13-27-19(25-22(29)21(28)20(27)23(26)30)15-24(10-4-5-11-24)18-9-8-16-6-2-3-7-17(16)14-18/h8-9,14,28H,2-7,10-13,15H2,1H3. The minimum Gasteiger partial charge on any atom is -0.501 e. The molecule has 0 saturated heterocycles. The van der Waals surface area contributed by atoms with Crippen molar-refractivity contribution in [2.24, 2.45) is 0 Å². The Bertz CT molecular complexity index is 1070. The van der Waals surface area contributed by atoms with Crippen LogP contribution in [-0.2, 0) is 31.2 Å². The lowest BCUT2D eigenvalue weighted by Crippen LogP contribution is -2.42. The molecule has 0 atom stereocenters. The molecule has 30 heavy (non-hydrogen) atoms. The van der Waals surface area contributed by atoms with Crippen LogP contribution in [0.15, 0.2) is 23.0 Å². The predicted molar refractivity (Wildman–Crippen MR) is 114 cm³/mol. The first-order valence-corrected chi connectivity index (χ1v) is 11.2. The molecule has 6 heteroatoms. The van der Waals surface area contributed by atoms with Gasteiger partial charge in [-0.2, -0.15) is 4.98 Å². The van der Waals surface area contributed by atoms with Crippen LogP contribution >= 0.6 is 0 Å². The van der Waals surface area contributed by atoms with Gasteiger partial charge in [-0.05, 0) is 55.2 Å². The zero-order valence-electron chi connectivity index (χ0n) is 17.6. The summed E-state index contributed by atoms with van der Waals surface area (Å²) < 4.78 is 1.79. The number of amides is 1. The molecule has 0 radical (unpaired) electrons. The molecular weight excluding hydrogens is 378 g/mol. The number of aromatic nitrogens is 2. The van der Waals surface area contributed by atoms with Crippen molar-refractivity contribution >= 4 is 5.91 Å². The molecule has 6 nitrogen and oxygen atoms in total. The first-order chi connectivity index (χ1) is 14.5. The van der Waals surface area contributed by atoms with E-state index in [9.17, 15) is 14.7 Å². The van der Waals surface area contributed by atoms with Crippen molar-refractivity contribution < 1.29 is 9.90 Å². The molecule has 1 saturated carbocycles. The summed E-state index contributed by atoms with van der Waals surface area (Å²) in [5.74, 6) is -0.202. The fraction of sp³-hybridized carbons (Fsp3) is 0.542. The molecule has 158 valence electrons. The van der Waals surface area contributed by atoms with E-state index in [1.54, 1.807) is 16.5 Å². The Morgan fingerprint density at radius 2 is 1.77 bits per heavy atom. The lowest BCUT2D eigenvalue weighted by molar-refractivity contribution is 0.0737. The van der Waals surface area contributed by atoms with Gasteiger partial charge in [0, 0.05) is 32.0 Å². The van der Waals surface area contributed by atoms with Gasteiger partial charge in [-0.25, -0.2) is 0 Å².